The van der Waals surface area contributed by atoms with Gasteiger partial charge < -0.3 is 4.90 Å². The SMILES string of the molecule is CCCCC1NC(C2CCCC2)N(C(C)CCSC)C1=O. The third kappa shape index (κ3) is 4.16. The molecule has 0 bridgehead atoms. The molecule has 2 aliphatic rings. The van der Waals surface area contributed by atoms with Crippen LogP contribution in [-0.2, 0) is 4.79 Å². The molecule has 122 valence electrons. The van der Waals surface area contributed by atoms with E-state index in [-0.39, 0.29) is 6.04 Å². The monoisotopic (exact) mass is 312 g/mol. The Hall–Kier alpha value is -0.220. The molecule has 21 heavy (non-hydrogen) atoms. The zero-order valence-corrected chi connectivity index (χ0v) is 14.8. The third-order valence-electron chi connectivity index (χ3n) is 5.13. The first-order valence-electron chi connectivity index (χ1n) is 8.76. The predicted molar refractivity (Wildman–Crippen MR) is 91.5 cm³/mol. The van der Waals surface area contributed by atoms with Crippen LogP contribution < -0.4 is 5.32 Å². The maximum atomic E-state index is 12.8. The van der Waals surface area contributed by atoms with Crippen molar-refractivity contribution in [1.82, 2.24) is 10.2 Å². The van der Waals surface area contributed by atoms with Gasteiger partial charge in [-0.1, -0.05) is 32.6 Å². The van der Waals surface area contributed by atoms with E-state index in [1.54, 1.807) is 0 Å². The first-order chi connectivity index (χ1) is 10.2. The van der Waals surface area contributed by atoms with E-state index in [1.807, 2.05) is 11.8 Å². The summed E-state index contributed by atoms with van der Waals surface area (Å²) in [5, 5.41) is 3.69. The fourth-order valence-electron chi connectivity index (χ4n) is 3.85. The average Bonchev–Trinajstić information content (AvgIpc) is 3.10. The van der Waals surface area contributed by atoms with Gasteiger partial charge in [-0.05, 0) is 50.5 Å². The molecule has 1 saturated heterocycles. The van der Waals surface area contributed by atoms with E-state index in [4.69, 9.17) is 0 Å². The molecule has 0 aromatic carbocycles. The van der Waals surface area contributed by atoms with Crippen molar-refractivity contribution in [3.63, 3.8) is 0 Å². The Bertz CT molecular complexity index is 331. The van der Waals surface area contributed by atoms with Crippen LogP contribution in [0.15, 0.2) is 0 Å². The lowest BCUT2D eigenvalue weighted by Gasteiger charge is -2.34. The van der Waals surface area contributed by atoms with Crippen LogP contribution in [0, 0.1) is 5.92 Å². The molecular weight excluding hydrogens is 280 g/mol. The molecule has 4 heteroatoms. The smallest absolute Gasteiger partial charge is 0.241 e. The van der Waals surface area contributed by atoms with Crippen molar-refractivity contribution in [2.24, 2.45) is 5.92 Å². The van der Waals surface area contributed by atoms with E-state index in [0.717, 1.165) is 25.0 Å². The zero-order chi connectivity index (χ0) is 15.2. The van der Waals surface area contributed by atoms with Crippen molar-refractivity contribution >= 4 is 17.7 Å². The van der Waals surface area contributed by atoms with E-state index < -0.39 is 0 Å². The molecule has 2 fully saturated rings. The largest absolute Gasteiger partial charge is 0.323 e. The summed E-state index contributed by atoms with van der Waals surface area (Å²) in [6, 6.07) is 0.446. The molecule has 0 spiro atoms. The van der Waals surface area contributed by atoms with Gasteiger partial charge in [-0.25, -0.2) is 0 Å². The molecule has 0 aromatic rings. The van der Waals surface area contributed by atoms with Crippen LogP contribution in [0.3, 0.4) is 0 Å². The number of thioether (sulfide) groups is 1. The molecule has 1 aliphatic heterocycles. The lowest BCUT2D eigenvalue weighted by atomic mass is 10.0. The van der Waals surface area contributed by atoms with Crippen LogP contribution in [0.2, 0.25) is 0 Å². The summed E-state index contributed by atoms with van der Waals surface area (Å²) in [4.78, 5) is 15.1. The fourth-order valence-corrected chi connectivity index (χ4v) is 4.42. The van der Waals surface area contributed by atoms with Gasteiger partial charge >= 0.3 is 0 Å². The Morgan fingerprint density at radius 3 is 2.71 bits per heavy atom. The van der Waals surface area contributed by atoms with Gasteiger partial charge in [-0.3, -0.25) is 10.1 Å². The normalized spacial score (nSPS) is 28.5. The topological polar surface area (TPSA) is 32.3 Å². The number of unbranched alkanes of at least 4 members (excludes halogenated alkanes) is 1. The van der Waals surface area contributed by atoms with Crippen molar-refractivity contribution in [3.8, 4) is 0 Å². The molecule has 1 heterocycles. The molecule has 1 aliphatic carbocycles. The van der Waals surface area contributed by atoms with Crippen LogP contribution in [0.1, 0.15) is 65.2 Å². The number of nitrogens with zero attached hydrogens (tertiary/aromatic N) is 1. The summed E-state index contributed by atoms with van der Waals surface area (Å²) >= 11 is 1.88. The summed E-state index contributed by atoms with van der Waals surface area (Å²) in [6.07, 6.45) is 12.1. The summed E-state index contributed by atoms with van der Waals surface area (Å²) < 4.78 is 0. The highest BCUT2D eigenvalue weighted by atomic mass is 32.2. The zero-order valence-electron chi connectivity index (χ0n) is 13.9. The van der Waals surface area contributed by atoms with Crippen LogP contribution in [0.5, 0.6) is 0 Å². The second-order valence-electron chi connectivity index (χ2n) is 6.73. The first-order valence-corrected chi connectivity index (χ1v) is 10.2. The highest BCUT2D eigenvalue weighted by Crippen LogP contribution is 2.34. The minimum absolute atomic E-state index is 0.0762. The highest BCUT2D eigenvalue weighted by Gasteiger charge is 2.44. The van der Waals surface area contributed by atoms with E-state index in [2.05, 4.69) is 30.3 Å². The molecule has 2 rings (SSSR count). The Balaban J connectivity index is 2.05. The van der Waals surface area contributed by atoms with E-state index >= 15 is 0 Å². The third-order valence-corrected chi connectivity index (χ3v) is 5.78. The van der Waals surface area contributed by atoms with Gasteiger partial charge in [0.2, 0.25) is 5.91 Å². The van der Waals surface area contributed by atoms with Crippen LogP contribution in [0.25, 0.3) is 0 Å². The fraction of sp³-hybridized carbons (Fsp3) is 0.941. The minimum Gasteiger partial charge on any atom is -0.323 e. The van der Waals surface area contributed by atoms with Gasteiger partial charge in [0.05, 0.1) is 12.2 Å². The second-order valence-corrected chi connectivity index (χ2v) is 7.71. The quantitative estimate of drug-likeness (QED) is 0.743. The van der Waals surface area contributed by atoms with Crippen molar-refractivity contribution in [1.29, 1.82) is 0 Å². The van der Waals surface area contributed by atoms with Crippen LogP contribution >= 0.6 is 11.8 Å². The van der Waals surface area contributed by atoms with Crippen molar-refractivity contribution in [3.05, 3.63) is 0 Å². The van der Waals surface area contributed by atoms with E-state index in [9.17, 15) is 4.79 Å². The van der Waals surface area contributed by atoms with Crippen LogP contribution in [0.4, 0.5) is 0 Å². The van der Waals surface area contributed by atoms with Crippen molar-refractivity contribution in [2.75, 3.05) is 12.0 Å². The first kappa shape index (κ1) is 17.1. The maximum absolute atomic E-state index is 12.8. The van der Waals surface area contributed by atoms with E-state index in [1.165, 1.54) is 32.1 Å². The second kappa shape index (κ2) is 8.42. The maximum Gasteiger partial charge on any atom is 0.241 e. The lowest BCUT2D eigenvalue weighted by Crippen LogP contribution is -2.47. The summed E-state index contributed by atoms with van der Waals surface area (Å²) in [5.74, 6) is 2.19. The summed E-state index contributed by atoms with van der Waals surface area (Å²) in [7, 11) is 0. The molecule has 1 saturated carbocycles. The number of rotatable bonds is 8. The van der Waals surface area contributed by atoms with Gasteiger partial charge in [-0.15, -0.1) is 0 Å². The Labute approximate surface area is 134 Å². The number of hydrogen-bond acceptors (Lipinski definition) is 3. The predicted octanol–water partition coefficient (Wildman–Crippen LogP) is 3.63. The van der Waals surface area contributed by atoms with E-state index in [0.29, 0.717) is 24.0 Å². The van der Waals surface area contributed by atoms with Gasteiger partial charge in [0.15, 0.2) is 0 Å². The van der Waals surface area contributed by atoms with Gasteiger partial charge in [0.25, 0.3) is 0 Å². The summed E-state index contributed by atoms with van der Waals surface area (Å²) in [6.45, 7) is 4.44. The molecule has 3 unspecified atom stereocenters. The van der Waals surface area contributed by atoms with Crippen LogP contribution in [-0.4, -0.2) is 41.1 Å². The number of hydrogen-bond donors (Lipinski definition) is 1. The number of amides is 1. The molecule has 3 atom stereocenters. The standard InChI is InChI=1S/C17H32N2OS/c1-4-5-10-15-17(20)19(13(2)11-12-21-3)16(18-15)14-8-6-7-9-14/h13-16,18H,4-12H2,1-3H3. The molecule has 1 N–H and O–H groups in total. The highest BCUT2D eigenvalue weighted by molar-refractivity contribution is 7.98. The number of carbonyl (C=O) groups is 1. The van der Waals surface area contributed by atoms with Gasteiger partial charge in [0.1, 0.15) is 0 Å². The Morgan fingerprint density at radius 2 is 2.10 bits per heavy atom. The van der Waals surface area contributed by atoms with Gasteiger partial charge in [0, 0.05) is 6.04 Å². The molecule has 0 radical (unpaired) electrons. The number of nitrogens with one attached hydrogen (secondary N) is 1. The van der Waals surface area contributed by atoms with Crippen molar-refractivity contribution in [2.45, 2.75) is 83.5 Å². The average molecular weight is 313 g/mol. The van der Waals surface area contributed by atoms with Gasteiger partial charge in [-0.2, -0.15) is 11.8 Å². The molecular formula is C17H32N2OS. The lowest BCUT2D eigenvalue weighted by molar-refractivity contribution is -0.132. The summed E-state index contributed by atoms with van der Waals surface area (Å²) in [5.41, 5.74) is 0. The molecule has 0 aromatic heterocycles. The molecule has 1 amide bonds. The Kier molecular flexibility index (Phi) is 6.87. The molecule has 3 nitrogen and oxygen atoms in total. The number of carbonyl (C=O) groups excluding carboxylic acids is 1. The Morgan fingerprint density at radius 1 is 1.38 bits per heavy atom. The van der Waals surface area contributed by atoms with Crippen molar-refractivity contribution < 1.29 is 4.79 Å². The minimum atomic E-state index is 0.0762.